The van der Waals surface area contributed by atoms with E-state index >= 15 is 0 Å². The molecular weight excluding hydrogens is 797 g/mol. The van der Waals surface area contributed by atoms with Crippen LogP contribution in [0, 0.1) is 0 Å². The van der Waals surface area contributed by atoms with Crippen LogP contribution in [0.25, 0.3) is 32.3 Å². The highest BCUT2D eigenvalue weighted by atomic mass is 32.2. The van der Waals surface area contributed by atoms with Crippen LogP contribution in [0.4, 0.5) is 0 Å². The van der Waals surface area contributed by atoms with Crippen LogP contribution in [-0.2, 0) is 42.7 Å². The van der Waals surface area contributed by atoms with Crippen molar-refractivity contribution in [1.82, 2.24) is 10.6 Å². The third kappa shape index (κ3) is 14.4. The zero-order valence-corrected chi connectivity index (χ0v) is 33.8. The fourth-order valence-corrected chi connectivity index (χ4v) is 7.18. The summed E-state index contributed by atoms with van der Waals surface area (Å²) in [5.74, 6) is 1.73. The Kier molecular flexibility index (Phi) is 21.2. The van der Waals surface area contributed by atoms with Gasteiger partial charge in [-0.3, -0.25) is 18.7 Å². The lowest BCUT2D eigenvalue weighted by atomic mass is 10.0. The van der Waals surface area contributed by atoms with Crippen molar-refractivity contribution in [1.29, 1.82) is 0 Å². The molecule has 0 fully saturated rings. The lowest BCUT2D eigenvalue weighted by Gasteiger charge is -2.08. The Morgan fingerprint density at radius 3 is 1.17 bits per heavy atom. The number of rotatable bonds is 10. The largest absolute Gasteiger partial charge is 0.497 e. The number of carbonyl (C=O) groups is 2. The molecule has 2 amide bonds. The molecule has 58 heavy (non-hydrogen) atoms. The second-order valence-corrected chi connectivity index (χ2v) is 14.8. The Morgan fingerprint density at radius 2 is 0.862 bits per heavy atom. The number of hydrogen-bond acceptors (Lipinski definition) is 8. The van der Waals surface area contributed by atoms with E-state index in [-0.39, 0.29) is 44.5 Å². The maximum absolute atomic E-state index is 11.2. The van der Waals surface area contributed by atoms with Crippen LogP contribution >= 0.6 is 0 Å². The van der Waals surface area contributed by atoms with Crippen LogP contribution in [-0.4, -0.2) is 87.0 Å². The normalized spacial score (nSPS) is 10.4. The monoisotopic (exact) mass is 846 g/mol. The molecule has 0 saturated heterocycles. The maximum Gasteiger partial charge on any atom is 0.295 e. The molecule has 12 N–H and O–H groups in total. The third-order valence-electron chi connectivity index (χ3n) is 8.29. The van der Waals surface area contributed by atoms with E-state index in [0.29, 0.717) is 13.1 Å². The average molecular weight is 847 g/mol. The molecule has 0 saturated carbocycles. The van der Waals surface area contributed by atoms with E-state index in [4.69, 9.17) is 18.6 Å². The zero-order valence-electron chi connectivity index (χ0n) is 32.2. The molecule has 0 unspecified atom stereocenters. The van der Waals surface area contributed by atoms with Crippen molar-refractivity contribution in [3.63, 3.8) is 0 Å². The first kappa shape index (κ1) is 52.3. The lowest BCUT2D eigenvalue weighted by Crippen LogP contribution is -2.22. The predicted molar refractivity (Wildman–Crippen MR) is 224 cm³/mol. The van der Waals surface area contributed by atoms with Crippen molar-refractivity contribution in [3.8, 4) is 11.5 Å². The average Bonchev–Trinajstić information content (AvgIpc) is 3.13. The van der Waals surface area contributed by atoms with E-state index in [0.717, 1.165) is 36.5 Å². The Hall–Kier alpha value is -5.70. The highest BCUT2D eigenvalue weighted by Gasteiger charge is 2.19. The van der Waals surface area contributed by atoms with E-state index in [1.165, 1.54) is 70.8 Å². The minimum Gasteiger partial charge on any atom is -0.497 e. The van der Waals surface area contributed by atoms with Crippen LogP contribution in [0.15, 0.2) is 119 Å². The predicted octanol–water partition coefficient (Wildman–Crippen LogP) is 3.09. The molecule has 0 aliphatic rings. The molecular formula is C40H50N2O14S2. The SMILES string of the molecule is COc1ccc2cccc(CCNC(C)=O)c2c1.COc1ccc2cccc(CCNC(C)=O)c2c1.O.O.O.O.O=S(=O)(O)c1cccc2c(S(=O)(=O)O)cccc12. The Bertz CT molecular complexity index is 2340. The van der Waals surface area contributed by atoms with Gasteiger partial charge in [-0.25, -0.2) is 0 Å². The second-order valence-electron chi connectivity index (χ2n) is 12.0. The van der Waals surface area contributed by atoms with E-state index in [1.54, 1.807) is 14.2 Å². The van der Waals surface area contributed by atoms with Crippen LogP contribution in [0.1, 0.15) is 25.0 Å². The fourth-order valence-electron chi connectivity index (χ4n) is 5.77. The number of benzene rings is 6. The highest BCUT2D eigenvalue weighted by molar-refractivity contribution is 7.86. The van der Waals surface area contributed by atoms with Gasteiger partial charge in [0.15, 0.2) is 0 Å². The van der Waals surface area contributed by atoms with Crippen LogP contribution < -0.4 is 20.1 Å². The first-order valence-electron chi connectivity index (χ1n) is 16.7. The summed E-state index contributed by atoms with van der Waals surface area (Å²) in [6.07, 6.45) is 1.65. The van der Waals surface area contributed by atoms with E-state index < -0.39 is 30.0 Å². The van der Waals surface area contributed by atoms with Crippen molar-refractivity contribution in [2.45, 2.75) is 36.5 Å². The molecule has 0 radical (unpaired) electrons. The first-order chi connectivity index (χ1) is 25.6. The lowest BCUT2D eigenvalue weighted by molar-refractivity contribution is -0.119. The van der Waals surface area contributed by atoms with Gasteiger partial charge in [0, 0.05) is 37.7 Å². The van der Waals surface area contributed by atoms with Gasteiger partial charge in [-0.15, -0.1) is 0 Å². The van der Waals surface area contributed by atoms with Gasteiger partial charge in [0.1, 0.15) is 21.3 Å². The van der Waals surface area contributed by atoms with Crippen LogP contribution in [0.2, 0.25) is 0 Å². The van der Waals surface area contributed by atoms with Crippen molar-refractivity contribution >= 4 is 64.4 Å². The standard InChI is InChI=1S/2C15H17NO2.C10H8O6S2.4H2O/c2*1-11(17)16-9-8-13-5-3-4-12-6-7-14(18-2)10-15(12)13;11-17(12,13)9-5-1-3-7-8(9)4-2-6-10(7)18(14,15)16;;;;/h2*3-7,10H,8-9H2,1-2H3,(H,16,17);1-6H,(H,11,12,13)(H,14,15,16);4*1H2. The van der Waals surface area contributed by atoms with Crippen molar-refractivity contribution in [2.75, 3.05) is 27.3 Å². The Morgan fingerprint density at radius 1 is 0.517 bits per heavy atom. The highest BCUT2D eigenvalue weighted by Crippen LogP contribution is 2.28. The summed E-state index contributed by atoms with van der Waals surface area (Å²) in [7, 11) is -5.60. The summed E-state index contributed by atoms with van der Waals surface area (Å²) in [4.78, 5) is 20.9. The van der Waals surface area contributed by atoms with Gasteiger partial charge in [-0.2, -0.15) is 16.8 Å². The summed E-state index contributed by atoms with van der Waals surface area (Å²) in [6.45, 7) is 4.38. The fraction of sp³-hybridized carbons (Fsp3) is 0.200. The second kappa shape index (κ2) is 23.5. The van der Waals surface area contributed by atoms with Gasteiger partial charge < -0.3 is 42.0 Å². The summed E-state index contributed by atoms with van der Waals surface area (Å²) >= 11 is 0. The van der Waals surface area contributed by atoms with Gasteiger partial charge in [-0.05, 0) is 81.9 Å². The van der Waals surface area contributed by atoms with Gasteiger partial charge in [0.2, 0.25) is 11.8 Å². The van der Waals surface area contributed by atoms with Gasteiger partial charge in [0.05, 0.1) is 14.2 Å². The molecule has 0 aromatic heterocycles. The summed E-state index contributed by atoms with van der Waals surface area (Å²) < 4.78 is 73.2. The molecule has 18 heteroatoms. The van der Waals surface area contributed by atoms with Gasteiger partial charge in [-0.1, -0.05) is 72.8 Å². The number of methoxy groups -OCH3 is 2. The van der Waals surface area contributed by atoms with Crippen molar-refractivity contribution in [3.05, 3.63) is 120 Å². The smallest absolute Gasteiger partial charge is 0.295 e. The van der Waals surface area contributed by atoms with E-state index in [2.05, 4.69) is 47.0 Å². The number of amides is 2. The minimum atomic E-state index is -4.47. The molecule has 6 aromatic rings. The molecule has 0 bridgehead atoms. The quantitative estimate of drug-likeness (QED) is 0.146. The zero-order chi connectivity index (χ0) is 39.5. The molecule has 6 rings (SSSR count). The van der Waals surface area contributed by atoms with Crippen LogP contribution in [0.3, 0.4) is 0 Å². The summed E-state index contributed by atoms with van der Waals surface area (Å²) in [5, 5.41) is 10.4. The molecule has 316 valence electrons. The molecule has 0 heterocycles. The van der Waals surface area contributed by atoms with Gasteiger partial charge >= 0.3 is 0 Å². The minimum absolute atomic E-state index is 0. The number of carbonyl (C=O) groups excluding carboxylic acids is 2. The first-order valence-corrected chi connectivity index (χ1v) is 19.6. The molecule has 0 aliphatic heterocycles. The number of hydrogen-bond donors (Lipinski definition) is 4. The summed E-state index contributed by atoms with van der Waals surface area (Å²) in [6, 6.07) is 32.0. The molecule has 0 aliphatic carbocycles. The topological polar surface area (TPSA) is 311 Å². The number of ether oxygens (including phenoxy) is 2. The molecule has 0 spiro atoms. The number of nitrogens with one attached hydrogen (secondary N) is 2. The molecule has 6 aromatic carbocycles. The Balaban J connectivity index is 0.000000812. The molecule has 0 atom stereocenters. The van der Waals surface area contributed by atoms with Crippen molar-refractivity contribution in [2.24, 2.45) is 0 Å². The van der Waals surface area contributed by atoms with E-state index in [1.807, 2.05) is 36.4 Å². The third-order valence-corrected chi connectivity index (χ3v) is 10.1. The van der Waals surface area contributed by atoms with Crippen molar-refractivity contribution < 1.29 is 66.9 Å². The molecule has 16 nitrogen and oxygen atoms in total. The van der Waals surface area contributed by atoms with Crippen LogP contribution in [0.5, 0.6) is 11.5 Å². The summed E-state index contributed by atoms with van der Waals surface area (Å²) in [5.41, 5.74) is 2.44. The van der Waals surface area contributed by atoms with E-state index in [9.17, 15) is 26.4 Å². The Labute approximate surface area is 336 Å². The number of fused-ring (bicyclic) bond motifs is 3. The maximum atomic E-state index is 11.2. The van der Waals surface area contributed by atoms with Gasteiger partial charge in [0.25, 0.3) is 20.2 Å².